The van der Waals surface area contributed by atoms with Gasteiger partial charge in [-0.05, 0) is 38.7 Å². The molecular formula is C20H23N5OS. The van der Waals surface area contributed by atoms with Crippen LogP contribution in [0.3, 0.4) is 0 Å². The van der Waals surface area contributed by atoms with Gasteiger partial charge in [0, 0.05) is 23.0 Å². The van der Waals surface area contributed by atoms with Crippen LogP contribution in [0.1, 0.15) is 41.4 Å². The topological polar surface area (TPSA) is 71.0 Å². The molecule has 4 rings (SSSR count). The van der Waals surface area contributed by atoms with Gasteiger partial charge in [-0.2, -0.15) is 0 Å². The number of amides is 2. The van der Waals surface area contributed by atoms with E-state index in [1.807, 2.05) is 31.2 Å². The molecule has 0 fully saturated rings. The number of para-hydroxylation sites is 1. The molecule has 0 unspecified atom stereocenters. The van der Waals surface area contributed by atoms with E-state index in [9.17, 15) is 4.79 Å². The third-order valence-corrected chi connectivity index (χ3v) is 5.95. The zero-order valence-corrected chi connectivity index (χ0v) is 16.5. The molecule has 0 aliphatic heterocycles. The van der Waals surface area contributed by atoms with E-state index < -0.39 is 0 Å². The SMILES string of the molecule is Cc1nc(CN(C)C(=O)Nc2nc3c(s2)CCCCC3)nc2ccccc12. The normalized spacial score (nSPS) is 13.9. The highest BCUT2D eigenvalue weighted by Gasteiger charge is 2.18. The van der Waals surface area contributed by atoms with E-state index in [1.54, 1.807) is 23.3 Å². The van der Waals surface area contributed by atoms with Gasteiger partial charge in [-0.3, -0.25) is 5.32 Å². The number of benzene rings is 1. The number of aryl methyl sites for hydroxylation is 3. The van der Waals surface area contributed by atoms with E-state index >= 15 is 0 Å². The molecule has 0 spiro atoms. The first kappa shape index (κ1) is 17.9. The Morgan fingerprint density at radius 2 is 1.96 bits per heavy atom. The lowest BCUT2D eigenvalue weighted by Crippen LogP contribution is -2.31. The van der Waals surface area contributed by atoms with Crippen molar-refractivity contribution in [3.63, 3.8) is 0 Å². The number of hydrogen-bond acceptors (Lipinski definition) is 5. The van der Waals surface area contributed by atoms with Crippen LogP contribution >= 0.6 is 11.3 Å². The second-order valence-electron chi connectivity index (χ2n) is 6.98. The molecule has 27 heavy (non-hydrogen) atoms. The molecule has 0 atom stereocenters. The van der Waals surface area contributed by atoms with Crippen LogP contribution in [-0.2, 0) is 19.4 Å². The first-order valence-electron chi connectivity index (χ1n) is 9.33. The Kier molecular flexibility index (Phi) is 5.03. The number of fused-ring (bicyclic) bond motifs is 2. The van der Waals surface area contributed by atoms with Crippen LogP contribution in [0.2, 0.25) is 0 Å². The van der Waals surface area contributed by atoms with Crippen molar-refractivity contribution >= 4 is 33.4 Å². The average molecular weight is 382 g/mol. The number of urea groups is 1. The Morgan fingerprint density at radius 1 is 1.15 bits per heavy atom. The summed E-state index contributed by atoms with van der Waals surface area (Å²) in [6, 6.07) is 7.73. The molecule has 1 aliphatic carbocycles. The molecule has 0 radical (unpaired) electrons. The minimum atomic E-state index is -0.187. The maximum absolute atomic E-state index is 12.6. The summed E-state index contributed by atoms with van der Waals surface area (Å²) in [5.41, 5.74) is 2.98. The fourth-order valence-electron chi connectivity index (χ4n) is 3.42. The van der Waals surface area contributed by atoms with Crippen molar-refractivity contribution in [2.75, 3.05) is 12.4 Å². The van der Waals surface area contributed by atoms with Gasteiger partial charge in [0.1, 0.15) is 5.82 Å². The number of carbonyl (C=O) groups excluding carboxylic acids is 1. The van der Waals surface area contributed by atoms with Gasteiger partial charge in [-0.1, -0.05) is 24.6 Å². The molecule has 0 saturated carbocycles. The molecule has 1 N–H and O–H groups in total. The molecule has 2 amide bonds. The maximum Gasteiger partial charge on any atom is 0.323 e. The summed E-state index contributed by atoms with van der Waals surface area (Å²) in [5.74, 6) is 0.638. The molecule has 0 bridgehead atoms. The first-order chi connectivity index (χ1) is 13.1. The molecule has 1 aliphatic rings. The summed E-state index contributed by atoms with van der Waals surface area (Å²) in [5, 5.41) is 4.66. The molecule has 2 heterocycles. The van der Waals surface area contributed by atoms with Crippen LogP contribution in [0, 0.1) is 6.92 Å². The predicted molar refractivity (Wildman–Crippen MR) is 108 cm³/mol. The van der Waals surface area contributed by atoms with Crippen molar-refractivity contribution in [2.45, 2.75) is 45.6 Å². The van der Waals surface area contributed by atoms with E-state index in [2.05, 4.69) is 20.3 Å². The number of thiazole rings is 1. The summed E-state index contributed by atoms with van der Waals surface area (Å²) < 4.78 is 0. The summed E-state index contributed by atoms with van der Waals surface area (Å²) in [4.78, 5) is 29.2. The smallest absolute Gasteiger partial charge is 0.320 e. The fraction of sp³-hybridized carbons (Fsp3) is 0.400. The third-order valence-electron chi connectivity index (χ3n) is 4.87. The van der Waals surface area contributed by atoms with E-state index in [1.165, 1.54) is 24.1 Å². The minimum Gasteiger partial charge on any atom is -0.320 e. The molecule has 0 saturated heterocycles. The van der Waals surface area contributed by atoms with Crippen LogP contribution in [0.25, 0.3) is 10.9 Å². The predicted octanol–water partition coefficient (Wildman–Crippen LogP) is 4.33. The molecular weight excluding hydrogens is 358 g/mol. The van der Waals surface area contributed by atoms with Crippen LogP contribution < -0.4 is 5.32 Å². The van der Waals surface area contributed by atoms with Gasteiger partial charge in [-0.15, -0.1) is 11.3 Å². The zero-order chi connectivity index (χ0) is 18.8. The van der Waals surface area contributed by atoms with E-state index in [4.69, 9.17) is 0 Å². The molecule has 7 heteroatoms. The first-order valence-corrected chi connectivity index (χ1v) is 10.1. The number of nitrogens with zero attached hydrogens (tertiary/aromatic N) is 4. The van der Waals surface area contributed by atoms with Crippen LogP contribution in [0.15, 0.2) is 24.3 Å². The van der Waals surface area contributed by atoms with Gasteiger partial charge in [-0.25, -0.2) is 19.7 Å². The Balaban J connectivity index is 1.45. The van der Waals surface area contributed by atoms with Gasteiger partial charge >= 0.3 is 6.03 Å². The molecule has 2 aromatic heterocycles. The second kappa shape index (κ2) is 7.60. The maximum atomic E-state index is 12.6. The lowest BCUT2D eigenvalue weighted by molar-refractivity contribution is 0.219. The van der Waals surface area contributed by atoms with Crippen LogP contribution in [0.5, 0.6) is 0 Å². The summed E-state index contributed by atoms with van der Waals surface area (Å²) in [6.45, 7) is 2.32. The van der Waals surface area contributed by atoms with Crippen molar-refractivity contribution in [3.8, 4) is 0 Å². The largest absolute Gasteiger partial charge is 0.323 e. The van der Waals surface area contributed by atoms with Crippen molar-refractivity contribution in [3.05, 3.63) is 46.4 Å². The molecule has 6 nitrogen and oxygen atoms in total. The van der Waals surface area contributed by atoms with Gasteiger partial charge < -0.3 is 4.90 Å². The summed E-state index contributed by atoms with van der Waals surface area (Å²) in [6.07, 6.45) is 5.74. The lowest BCUT2D eigenvalue weighted by atomic mass is 10.2. The summed E-state index contributed by atoms with van der Waals surface area (Å²) in [7, 11) is 1.75. The fourth-order valence-corrected chi connectivity index (χ4v) is 4.46. The van der Waals surface area contributed by atoms with E-state index in [-0.39, 0.29) is 6.03 Å². The molecule has 3 aromatic rings. The number of carbonyl (C=O) groups is 1. The van der Waals surface area contributed by atoms with Crippen LogP contribution in [-0.4, -0.2) is 32.9 Å². The monoisotopic (exact) mass is 381 g/mol. The summed E-state index contributed by atoms with van der Waals surface area (Å²) >= 11 is 1.60. The Hall–Kier alpha value is -2.54. The molecule has 140 valence electrons. The van der Waals surface area contributed by atoms with Gasteiger partial charge in [0.15, 0.2) is 5.13 Å². The number of rotatable bonds is 3. The number of aromatic nitrogens is 3. The standard InChI is InChI=1S/C20H23N5OS/c1-13-14-8-6-7-9-15(14)22-18(21-13)12-25(2)20(26)24-19-23-16-10-4-3-5-11-17(16)27-19/h6-9H,3-5,10-12H2,1-2H3,(H,23,24,26). The van der Waals surface area contributed by atoms with E-state index in [0.29, 0.717) is 17.5 Å². The highest BCUT2D eigenvalue weighted by Crippen LogP contribution is 2.29. The van der Waals surface area contributed by atoms with Crippen molar-refractivity contribution in [2.24, 2.45) is 0 Å². The van der Waals surface area contributed by atoms with Crippen LogP contribution in [0.4, 0.5) is 9.93 Å². The highest BCUT2D eigenvalue weighted by atomic mass is 32.1. The lowest BCUT2D eigenvalue weighted by Gasteiger charge is -2.16. The highest BCUT2D eigenvalue weighted by molar-refractivity contribution is 7.15. The number of hydrogen-bond donors (Lipinski definition) is 1. The Labute approximate surface area is 162 Å². The second-order valence-corrected chi connectivity index (χ2v) is 8.06. The zero-order valence-electron chi connectivity index (χ0n) is 15.7. The number of nitrogens with one attached hydrogen (secondary N) is 1. The molecule has 1 aromatic carbocycles. The van der Waals surface area contributed by atoms with Crippen molar-refractivity contribution < 1.29 is 4.79 Å². The Bertz CT molecular complexity index is 960. The van der Waals surface area contributed by atoms with Gasteiger partial charge in [0.05, 0.1) is 17.8 Å². The third kappa shape index (κ3) is 3.93. The van der Waals surface area contributed by atoms with Gasteiger partial charge in [0.2, 0.25) is 0 Å². The van der Waals surface area contributed by atoms with Crippen molar-refractivity contribution in [1.82, 2.24) is 19.9 Å². The number of anilines is 1. The quantitative estimate of drug-likeness (QED) is 0.686. The Morgan fingerprint density at radius 3 is 2.85 bits per heavy atom. The average Bonchev–Trinajstić information content (AvgIpc) is 2.90. The van der Waals surface area contributed by atoms with E-state index in [0.717, 1.165) is 35.1 Å². The van der Waals surface area contributed by atoms with Gasteiger partial charge in [0.25, 0.3) is 0 Å². The van der Waals surface area contributed by atoms with Crippen molar-refractivity contribution in [1.29, 1.82) is 0 Å². The minimum absolute atomic E-state index is 0.187.